The van der Waals surface area contributed by atoms with Crippen molar-refractivity contribution in [3.63, 3.8) is 0 Å². The van der Waals surface area contributed by atoms with Gasteiger partial charge in [-0.1, -0.05) is 26.2 Å². The van der Waals surface area contributed by atoms with Crippen LogP contribution in [0, 0.1) is 0 Å². The lowest BCUT2D eigenvalue weighted by Crippen LogP contribution is -2.19. The normalized spacial score (nSPS) is 11.7. The Bertz CT molecular complexity index is 435. The Morgan fingerprint density at radius 1 is 0.308 bits per heavy atom. The number of hydrogen-bond donors (Lipinski definition) is 0. The average Bonchev–Trinajstić information content (AvgIpc) is 2.93. The predicted molar refractivity (Wildman–Crippen MR) is 151 cm³/mol. The third-order valence-electron chi connectivity index (χ3n) is 5.17. The molecule has 0 unspecified atom stereocenters. The number of likely N-dealkylation sites (N-methyl/N-ethyl adjacent to an activating group) is 1. The van der Waals surface area contributed by atoms with Crippen molar-refractivity contribution >= 4 is 0 Å². The van der Waals surface area contributed by atoms with E-state index >= 15 is 0 Å². The van der Waals surface area contributed by atoms with Crippen LogP contribution in [0.5, 0.6) is 0 Å². The monoisotopic (exact) mass is 569 g/mol. The van der Waals surface area contributed by atoms with E-state index in [-0.39, 0.29) is 0 Å². The fourth-order valence-electron chi connectivity index (χ4n) is 2.96. The molecule has 0 aliphatic carbocycles. The van der Waals surface area contributed by atoms with E-state index in [0.717, 1.165) is 26.2 Å². The third kappa shape index (κ3) is 37.6. The summed E-state index contributed by atoms with van der Waals surface area (Å²) >= 11 is 0. The summed E-state index contributed by atoms with van der Waals surface area (Å²) in [5.74, 6) is 0. The van der Waals surface area contributed by atoms with E-state index in [1.807, 2.05) is 14.1 Å². The highest BCUT2D eigenvalue weighted by molar-refractivity contribution is 4.42. The molecule has 0 spiro atoms. The SMILES string of the molecule is CCCCCCOCCOCCOCCOCCOCCOCCOCCOCCOCCOCCN(C)C. The van der Waals surface area contributed by atoms with Gasteiger partial charge >= 0.3 is 0 Å². The lowest BCUT2D eigenvalue weighted by molar-refractivity contribution is -0.0265. The largest absolute Gasteiger partial charge is 0.379 e. The van der Waals surface area contributed by atoms with Crippen LogP contribution < -0.4 is 0 Å². The molecular weight excluding hydrogens is 510 g/mol. The highest BCUT2D eigenvalue weighted by Gasteiger charge is 1.96. The van der Waals surface area contributed by atoms with E-state index < -0.39 is 0 Å². The number of rotatable bonds is 35. The summed E-state index contributed by atoms with van der Waals surface area (Å²) in [5.41, 5.74) is 0. The molecule has 236 valence electrons. The summed E-state index contributed by atoms with van der Waals surface area (Å²) in [6, 6.07) is 0. The van der Waals surface area contributed by atoms with Crippen molar-refractivity contribution in [2.75, 3.05) is 153 Å². The van der Waals surface area contributed by atoms with E-state index in [4.69, 9.17) is 47.4 Å². The zero-order chi connectivity index (χ0) is 28.3. The molecule has 11 nitrogen and oxygen atoms in total. The predicted octanol–water partition coefficient (Wildman–Crippen LogP) is 2.29. The Kier molecular flexibility index (Phi) is 35.2. The van der Waals surface area contributed by atoms with Gasteiger partial charge in [-0.25, -0.2) is 0 Å². The molecule has 0 radical (unpaired) electrons. The smallest absolute Gasteiger partial charge is 0.0701 e. The molecule has 0 heterocycles. The summed E-state index contributed by atoms with van der Waals surface area (Å²) < 4.78 is 54.7. The number of hydrogen-bond acceptors (Lipinski definition) is 11. The molecule has 0 N–H and O–H groups in total. The van der Waals surface area contributed by atoms with Gasteiger partial charge in [-0.15, -0.1) is 0 Å². The fraction of sp³-hybridized carbons (Fsp3) is 1.00. The van der Waals surface area contributed by atoms with Crippen LogP contribution >= 0.6 is 0 Å². The minimum Gasteiger partial charge on any atom is -0.379 e. The summed E-state index contributed by atoms with van der Waals surface area (Å²) in [7, 11) is 4.05. The molecule has 0 aromatic carbocycles. The Hall–Kier alpha value is -0.440. The maximum atomic E-state index is 5.52. The highest BCUT2D eigenvalue weighted by Crippen LogP contribution is 1.98. The van der Waals surface area contributed by atoms with Crippen molar-refractivity contribution in [3.8, 4) is 0 Å². The van der Waals surface area contributed by atoms with Crippen LogP contribution in [0.4, 0.5) is 0 Å². The lowest BCUT2D eigenvalue weighted by Gasteiger charge is -2.10. The quantitative estimate of drug-likeness (QED) is 0.105. The highest BCUT2D eigenvalue weighted by atomic mass is 16.6. The van der Waals surface area contributed by atoms with E-state index in [1.165, 1.54) is 19.3 Å². The van der Waals surface area contributed by atoms with Crippen LogP contribution in [-0.4, -0.2) is 158 Å². The van der Waals surface area contributed by atoms with Crippen LogP contribution in [0.25, 0.3) is 0 Å². The van der Waals surface area contributed by atoms with Crippen molar-refractivity contribution in [3.05, 3.63) is 0 Å². The topological polar surface area (TPSA) is 95.5 Å². The van der Waals surface area contributed by atoms with Gasteiger partial charge in [0.15, 0.2) is 0 Å². The molecule has 39 heavy (non-hydrogen) atoms. The van der Waals surface area contributed by atoms with Crippen molar-refractivity contribution in [2.45, 2.75) is 32.6 Å². The summed E-state index contributed by atoms with van der Waals surface area (Å²) in [6.45, 7) is 14.7. The fourth-order valence-corrected chi connectivity index (χ4v) is 2.96. The molecule has 0 amide bonds. The van der Waals surface area contributed by atoms with E-state index in [9.17, 15) is 0 Å². The number of unbranched alkanes of at least 4 members (excludes halogenated alkanes) is 3. The summed E-state index contributed by atoms with van der Waals surface area (Å²) in [4.78, 5) is 2.09. The van der Waals surface area contributed by atoms with Gasteiger partial charge in [0, 0.05) is 13.2 Å². The van der Waals surface area contributed by atoms with Gasteiger partial charge in [-0.3, -0.25) is 0 Å². The molecule has 0 bridgehead atoms. The first-order valence-electron chi connectivity index (χ1n) is 14.7. The maximum Gasteiger partial charge on any atom is 0.0701 e. The molecule has 0 saturated heterocycles. The van der Waals surface area contributed by atoms with Crippen molar-refractivity contribution in [1.82, 2.24) is 4.90 Å². The minimum absolute atomic E-state index is 0.531. The van der Waals surface area contributed by atoms with Crippen molar-refractivity contribution in [1.29, 1.82) is 0 Å². The number of ether oxygens (including phenoxy) is 10. The standard InChI is InChI=1S/C28H59NO10/c1-4-5-6-7-9-30-11-13-32-15-17-34-19-21-36-23-25-38-27-28-39-26-24-37-22-20-35-18-16-33-14-12-31-10-8-29(2)3/h4-28H2,1-3H3. The Morgan fingerprint density at radius 3 is 0.821 bits per heavy atom. The lowest BCUT2D eigenvalue weighted by atomic mass is 10.2. The van der Waals surface area contributed by atoms with Crippen molar-refractivity contribution in [2.24, 2.45) is 0 Å². The van der Waals surface area contributed by atoms with Crippen LogP contribution in [0.2, 0.25) is 0 Å². The summed E-state index contributed by atoms with van der Waals surface area (Å²) in [5, 5.41) is 0. The van der Waals surface area contributed by atoms with Gasteiger partial charge < -0.3 is 52.3 Å². The third-order valence-corrected chi connectivity index (χ3v) is 5.17. The molecule has 0 rings (SSSR count). The van der Waals surface area contributed by atoms with Gasteiger partial charge in [0.25, 0.3) is 0 Å². The Morgan fingerprint density at radius 2 is 0.564 bits per heavy atom. The first kappa shape index (κ1) is 38.6. The van der Waals surface area contributed by atoms with Crippen molar-refractivity contribution < 1.29 is 47.4 Å². The zero-order valence-electron chi connectivity index (χ0n) is 25.2. The molecule has 0 aromatic heterocycles. The van der Waals surface area contributed by atoms with Crippen LogP contribution in [0.3, 0.4) is 0 Å². The molecule has 0 aliphatic rings. The van der Waals surface area contributed by atoms with Crippen LogP contribution in [-0.2, 0) is 47.4 Å². The van der Waals surface area contributed by atoms with Gasteiger partial charge in [-0.05, 0) is 20.5 Å². The minimum atomic E-state index is 0.531. The van der Waals surface area contributed by atoms with Crippen LogP contribution in [0.1, 0.15) is 32.6 Å². The second-order valence-corrected chi connectivity index (χ2v) is 8.99. The second-order valence-electron chi connectivity index (χ2n) is 8.99. The molecule has 0 fully saturated rings. The average molecular weight is 570 g/mol. The Balaban J connectivity index is 3.02. The maximum absolute atomic E-state index is 5.52. The van der Waals surface area contributed by atoms with Gasteiger partial charge in [-0.2, -0.15) is 0 Å². The second kappa shape index (κ2) is 35.6. The molecular formula is C28H59NO10. The molecule has 0 aliphatic heterocycles. The van der Waals surface area contributed by atoms with Gasteiger partial charge in [0.05, 0.1) is 126 Å². The van der Waals surface area contributed by atoms with Crippen LogP contribution in [0.15, 0.2) is 0 Å². The molecule has 0 aromatic rings. The molecule has 0 atom stereocenters. The zero-order valence-corrected chi connectivity index (χ0v) is 25.2. The molecule has 0 saturated carbocycles. The van der Waals surface area contributed by atoms with Gasteiger partial charge in [0.2, 0.25) is 0 Å². The van der Waals surface area contributed by atoms with E-state index in [0.29, 0.717) is 119 Å². The number of nitrogens with zero attached hydrogens (tertiary/aromatic N) is 1. The first-order chi connectivity index (χ1) is 19.3. The Labute approximate surface area is 237 Å². The van der Waals surface area contributed by atoms with E-state index in [2.05, 4.69) is 11.8 Å². The summed E-state index contributed by atoms with van der Waals surface area (Å²) in [6.07, 6.45) is 4.91. The van der Waals surface area contributed by atoms with Gasteiger partial charge in [0.1, 0.15) is 0 Å². The first-order valence-corrected chi connectivity index (χ1v) is 14.7. The molecule has 11 heteroatoms. The van der Waals surface area contributed by atoms with E-state index in [1.54, 1.807) is 0 Å².